The highest BCUT2D eigenvalue weighted by atomic mass is 32.2. The average Bonchev–Trinajstić information content (AvgIpc) is 2.15. The summed E-state index contributed by atoms with van der Waals surface area (Å²) in [5, 5.41) is 5.94. The molecule has 0 unspecified atom stereocenters. The highest BCUT2D eigenvalue weighted by Gasteiger charge is 2.06. The van der Waals surface area contributed by atoms with Crippen molar-refractivity contribution < 1.29 is 0 Å². The van der Waals surface area contributed by atoms with Crippen molar-refractivity contribution in [3.63, 3.8) is 0 Å². The lowest BCUT2D eigenvalue weighted by Gasteiger charge is -2.16. The van der Waals surface area contributed by atoms with E-state index in [9.17, 15) is 0 Å². The highest BCUT2D eigenvalue weighted by Crippen LogP contribution is 2.14. The van der Waals surface area contributed by atoms with Gasteiger partial charge >= 0.3 is 0 Å². The van der Waals surface area contributed by atoms with Crippen molar-refractivity contribution in [1.82, 2.24) is 9.91 Å². The maximum atomic E-state index is 4.05. The Hall–Kier alpha value is -0.220. The molecule has 1 aliphatic heterocycles. The van der Waals surface area contributed by atoms with Crippen LogP contribution in [0.4, 0.5) is 0 Å². The van der Waals surface area contributed by atoms with Crippen LogP contribution < -0.4 is 0 Å². The number of hydrogen-bond acceptors (Lipinski definition) is 4. The molecule has 0 saturated heterocycles. The molecule has 1 aliphatic rings. The first-order valence-corrected chi connectivity index (χ1v) is 3.66. The second-order valence-electron chi connectivity index (χ2n) is 2.12. The zero-order valence-electron chi connectivity index (χ0n) is 5.61. The molecule has 0 atom stereocenters. The summed E-state index contributed by atoms with van der Waals surface area (Å²) in [6.45, 7) is 0.865. The maximum Gasteiger partial charge on any atom is 0.131 e. The Balaban J connectivity index is 2.20. The van der Waals surface area contributed by atoms with E-state index in [1.54, 1.807) is 11.8 Å². The second kappa shape index (κ2) is 3.08. The molecule has 0 amide bonds. The third-order valence-corrected chi connectivity index (χ3v) is 1.45. The van der Waals surface area contributed by atoms with Crippen molar-refractivity contribution in [2.75, 3.05) is 20.8 Å². The topological polar surface area (TPSA) is 18.8 Å². The van der Waals surface area contributed by atoms with E-state index in [0.29, 0.717) is 0 Å². The van der Waals surface area contributed by atoms with Gasteiger partial charge in [0.25, 0.3) is 0 Å². The summed E-state index contributed by atoms with van der Waals surface area (Å²) in [7, 11) is 4.04. The first-order valence-electron chi connectivity index (χ1n) is 2.71. The fourth-order valence-electron chi connectivity index (χ4n) is 0.572. The molecule has 0 aromatic heterocycles. The SMILES string of the molecule is CN(C)CN1[CH]SC=N1. The van der Waals surface area contributed by atoms with Gasteiger partial charge in [-0.05, 0) is 14.1 Å². The molecule has 0 N–H and O–H groups in total. The number of rotatable bonds is 2. The monoisotopic (exact) mass is 144 g/mol. The molecule has 4 heteroatoms. The van der Waals surface area contributed by atoms with Gasteiger partial charge in [-0.25, -0.2) is 0 Å². The fraction of sp³-hybridized carbons (Fsp3) is 0.600. The third-order valence-electron chi connectivity index (χ3n) is 0.867. The van der Waals surface area contributed by atoms with Crippen molar-refractivity contribution in [3.8, 4) is 0 Å². The molecular weight excluding hydrogens is 134 g/mol. The quantitative estimate of drug-likeness (QED) is 0.566. The summed E-state index contributed by atoms with van der Waals surface area (Å²) in [6, 6.07) is 0. The van der Waals surface area contributed by atoms with E-state index in [4.69, 9.17) is 0 Å². The van der Waals surface area contributed by atoms with Crippen LogP contribution in [0.5, 0.6) is 0 Å². The van der Waals surface area contributed by atoms with E-state index < -0.39 is 0 Å². The molecule has 0 aromatic carbocycles. The van der Waals surface area contributed by atoms with E-state index in [1.807, 2.05) is 30.5 Å². The van der Waals surface area contributed by atoms with Gasteiger partial charge in [-0.2, -0.15) is 5.10 Å². The molecule has 0 fully saturated rings. The average molecular weight is 144 g/mol. The van der Waals surface area contributed by atoms with Crippen molar-refractivity contribution in [2.24, 2.45) is 5.10 Å². The molecule has 0 saturated carbocycles. The number of hydrazone groups is 1. The Labute approximate surface area is 59.7 Å². The van der Waals surface area contributed by atoms with Crippen molar-refractivity contribution in [1.29, 1.82) is 0 Å². The van der Waals surface area contributed by atoms with E-state index >= 15 is 0 Å². The standard InChI is InChI=1S/C5H10N3S/c1-7(2)4-8-5-9-3-6-8/h3,5H,4H2,1-2H3. The third kappa shape index (κ3) is 2.24. The lowest BCUT2D eigenvalue weighted by molar-refractivity contribution is 0.237. The first kappa shape index (κ1) is 6.89. The number of hydrogen-bond donors (Lipinski definition) is 0. The maximum absolute atomic E-state index is 4.05. The van der Waals surface area contributed by atoms with Crippen LogP contribution in [0.2, 0.25) is 0 Å². The van der Waals surface area contributed by atoms with Gasteiger partial charge in [0.05, 0.1) is 12.2 Å². The summed E-state index contributed by atoms with van der Waals surface area (Å²) in [5.74, 6) is 1.99. The largest absolute Gasteiger partial charge is 0.291 e. The van der Waals surface area contributed by atoms with Gasteiger partial charge in [0.2, 0.25) is 0 Å². The number of thioether (sulfide) groups is 1. The van der Waals surface area contributed by atoms with Gasteiger partial charge in [0.1, 0.15) is 5.88 Å². The van der Waals surface area contributed by atoms with Crippen LogP contribution in [0.1, 0.15) is 0 Å². The minimum atomic E-state index is 0.865. The van der Waals surface area contributed by atoms with Gasteiger partial charge < -0.3 is 0 Å². The molecule has 0 bridgehead atoms. The van der Waals surface area contributed by atoms with Crippen molar-refractivity contribution in [3.05, 3.63) is 5.88 Å². The second-order valence-corrected chi connectivity index (χ2v) is 2.82. The Morgan fingerprint density at radius 1 is 1.67 bits per heavy atom. The van der Waals surface area contributed by atoms with Gasteiger partial charge in [0, 0.05) is 0 Å². The minimum absolute atomic E-state index is 0.865. The molecule has 1 heterocycles. The predicted molar refractivity (Wildman–Crippen MR) is 40.8 cm³/mol. The van der Waals surface area contributed by atoms with Crippen LogP contribution in [0.25, 0.3) is 0 Å². The molecular formula is C5H10N3S. The fourth-order valence-corrected chi connectivity index (χ4v) is 1.06. The predicted octanol–water partition coefficient (Wildman–Crippen LogP) is 0.617. The van der Waals surface area contributed by atoms with E-state index in [2.05, 4.69) is 10.0 Å². The molecule has 51 valence electrons. The van der Waals surface area contributed by atoms with Crippen molar-refractivity contribution in [2.45, 2.75) is 0 Å². The van der Waals surface area contributed by atoms with Gasteiger partial charge in [-0.3, -0.25) is 9.91 Å². The first-order chi connectivity index (χ1) is 4.29. The molecule has 0 aliphatic carbocycles. The Bertz CT molecular complexity index is 113. The van der Waals surface area contributed by atoms with Crippen molar-refractivity contribution >= 4 is 17.3 Å². The van der Waals surface area contributed by atoms with Crippen LogP contribution in [0.15, 0.2) is 5.10 Å². The molecule has 1 rings (SSSR count). The molecule has 0 aromatic rings. The Kier molecular flexibility index (Phi) is 2.36. The zero-order valence-corrected chi connectivity index (χ0v) is 6.43. The van der Waals surface area contributed by atoms with Crippen LogP contribution in [0, 0.1) is 5.88 Å². The summed E-state index contributed by atoms with van der Waals surface area (Å²) in [4.78, 5) is 2.07. The minimum Gasteiger partial charge on any atom is -0.291 e. The summed E-state index contributed by atoms with van der Waals surface area (Å²) in [6.07, 6.45) is 0. The van der Waals surface area contributed by atoms with Crippen LogP contribution in [-0.2, 0) is 0 Å². The molecule has 9 heavy (non-hydrogen) atoms. The lowest BCUT2D eigenvalue weighted by atomic mass is 10.8. The van der Waals surface area contributed by atoms with Gasteiger partial charge in [-0.15, -0.1) is 0 Å². The Morgan fingerprint density at radius 3 is 2.89 bits per heavy atom. The van der Waals surface area contributed by atoms with Crippen LogP contribution >= 0.6 is 11.8 Å². The Morgan fingerprint density at radius 2 is 2.44 bits per heavy atom. The van der Waals surface area contributed by atoms with Gasteiger partial charge in [0.15, 0.2) is 0 Å². The van der Waals surface area contributed by atoms with Crippen LogP contribution in [0.3, 0.4) is 0 Å². The number of nitrogens with zero attached hydrogens (tertiary/aromatic N) is 3. The molecule has 0 spiro atoms. The van der Waals surface area contributed by atoms with E-state index in [0.717, 1.165) is 6.67 Å². The van der Waals surface area contributed by atoms with Gasteiger partial charge in [-0.1, -0.05) is 11.8 Å². The smallest absolute Gasteiger partial charge is 0.131 e. The summed E-state index contributed by atoms with van der Waals surface area (Å²) >= 11 is 1.61. The highest BCUT2D eigenvalue weighted by molar-refractivity contribution is 8.14. The van der Waals surface area contributed by atoms with E-state index in [-0.39, 0.29) is 0 Å². The summed E-state index contributed by atoms with van der Waals surface area (Å²) < 4.78 is 0. The van der Waals surface area contributed by atoms with E-state index in [1.165, 1.54) is 0 Å². The normalized spacial score (nSPS) is 17.9. The summed E-state index contributed by atoms with van der Waals surface area (Å²) in [5.41, 5.74) is 1.82. The lowest BCUT2D eigenvalue weighted by Crippen LogP contribution is -2.25. The molecule has 1 radical (unpaired) electrons. The zero-order chi connectivity index (χ0) is 6.69. The molecule has 3 nitrogen and oxygen atoms in total. The van der Waals surface area contributed by atoms with Crippen LogP contribution in [-0.4, -0.2) is 36.2 Å².